The molecule has 1 atom stereocenters. The number of aromatic amines is 1. The minimum absolute atomic E-state index is 0.0566. The third-order valence-electron chi connectivity index (χ3n) is 4.08. The lowest BCUT2D eigenvalue weighted by Gasteiger charge is -2.32. The molecule has 1 aromatic heterocycles. The van der Waals surface area contributed by atoms with Gasteiger partial charge in [0.2, 0.25) is 0 Å². The minimum atomic E-state index is -0.397. The van der Waals surface area contributed by atoms with Gasteiger partial charge in [-0.1, -0.05) is 12.1 Å². The summed E-state index contributed by atoms with van der Waals surface area (Å²) in [7, 11) is 1.64. The fourth-order valence-electron chi connectivity index (χ4n) is 2.87. The molecule has 1 aliphatic rings. The van der Waals surface area contributed by atoms with Crippen LogP contribution in [0.5, 0.6) is 0 Å². The molecule has 7 nitrogen and oxygen atoms in total. The van der Waals surface area contributed by atoms with E-state index in [2.05, 4.69) is 9.97 Å². The number of H-pyrrole nitrogens is 1. The molecule has 1 saturated heterocycles. The van der Waals surface area contributed by atoms with Gasteiger partial charge in [-0.15, -0.1) is 0 Å². The van der Waals surface area contributed by atoms with Crippen LogP contribution < -0.4 is 5.56 Å². The molecule has 7 heteroatoms. The molecule has 1 aliphatic heterocycles. The number of hydrogen-bond acceptors (Lipinski definition) is 5. The van der Waals surface area contributed by atoms with Gasteiger partial charge in [0, 0.05) is 25.3 Å². The van der Waals surface area contributed by atoms with Gasteiger partial charge in [0.15, 0.2) is 0 Å². The van der Waals surface area contributed by atoms with Crippen LogP contribution in [-0.4, -0.2) is 47.6 Å². The van der Waals surface area contributed by atoms with Gasteiger partial charge >= 0.3 is 0 Å². The monoisotopic (exact) mass is 343 g/mol. The molecule has 1 fully saturated rings. The molecule has 2 aromatic rings. The van der Waals surface area contributed by atoms with Crippen LogP contribution in [0.2, 0.25) is 0 Å². The van der Waals surface area contributed by atoms with Crippen LogP contribution in [-0.2, 0) is 16.1 Å². The summed E-state index contributed by atoms with van der Waals surface area (Å²) >= 11 is 0. The van der Waals surface area contributed by atoms with E-state index in [0.29, 0.717) is 43.4 Å². The van der Waals surface area contributed by atoms with Gasteiger partial charge in [-0.3, -0.25) is 9.59 Å². The van der Waals surface area contributed by atoms with Crippen LogP contribution in [0.25, 0.3) is 0 Å². The molecule has 0 aliphatic carbocycles. The summed E-state index contributed by atoms with van der Waals surface area (Å²) in [5.41, 5.74) is 1.97. The summed E-state index contributed by atoms with van der Waals surface area (Å²) in [6.45, 7) is 3.53. The first-order chi connectivity index (χ1) is 12.1. The van der Waals surface area contributed by atoms with Crippen LogP contribution >= 0.6 is 0 Å². The average molecular weight is 343 g/mol. The number of amides is 1. The first kappa shape index (κ1) is 17.3. The molecule has 1 amide bonds. The Morgan fingerprint density at radius 3 is 2.84 bits per heavy atom. The number of methoxy groups -OCH3 is 1. The number of carbonyl (C=O) groups is 1. The maximum Gasteiger partial charge on any atom is 0.254 e. The van der Waals surface area contributed by atoms with E-state index in [1.807, 2.05) is 12.1 Å². The maximum atomic E-state index is 12.7. The normalized spacial score (nSPS) is 17.5. The van der Waals surface area contributed by atoms with E-state index in [1.54, 1.807) is 31.1 Å². The molecule has 132 valence electrons. The molecule has 0 radical (unpaired) electrons. The Morgan fingerprint density at radius 2 is 2.16 bits per heavy atom. The smallest absolute Gasteiger partial charge is 0.254 e. The molecule has 0 saturated carbocycles. The summed E-state index contributed by atoms with van der Waals surface area (Å²) in [5, 5.41) is 0. The lowest BCUT2D eigenvalue weighted by molar-refractivity contribution is -0.0249. The van der Waals surface area contributed by atoms with Gasteiger partial charge in [-0.05, 0) is 24.6 Å². The average Bonchev–Trinajstić information content (AvgIpc) is 2.61. The van der Waals surface area contributed by atoms with E-state index >= 15 is 0 Å². The highest BCUT2D eigenvalue weighted by molar-refractivity contribution is 5.94. The molecular formula is C18H21N3O4. The molecule has 25 heavy (non-hydrogen) atoms. The second kappa shape index (κ2) is 7.58. The first-order valence-corrected chi connectivity index (χ1v) is 8.13. The first-order valence-electron chi connectivity index (χ1n) is 8.13. The van der Waals surface area contributed by atoms with Crippen molar-refractivity contribution < 1.29 is 14.3 Å². The standard InChI is InChI=1S/C18H21N3O4/c1-12-19-15(9-17(22)20-12)16-10-21(7-8-25-16)18(23)14-5-3-13(4-6-14)11-24-2/h3-6,9,16H,7-8,10-11H2,1-2H3,(H,19,20,22). The number of nitrogens with zero attached hydrogens (tertiary/aromatic N) is 2. The van der Waals surface area contributed by atoms with Gasteiger partial charge in [0.05, 0.1) is 25.5 Å². The molecule has 1 unspecified atom stereocenters. The predicted octanol–water partition coefficient (Wildman–Crippen LogP) is 1.44. The zero-order chi connectivity index (χ0) is 17.8. The highest BCUT2D eigenvalue weighted by atomic mass is 16.5. The molecule has 1 aromatic carbocycles. The van der Waals surface area contributed by atoms with E-state index in [1.165, 1.54) is 6.07 Å². The van der Waals surface area contributed by atoms with E-state index in [-0.39, 0.29) is 11.5 Å². The predicted molar refractivity (Wildman–Crippen MR) is 91.3 cm³/mol. The molecule has 3 rings (SSSR count). The van der Waals surface area contributed by atoms with Crippen molar-refractivity contribution in [3.63, 3.8) is 0 Å². The fraction of sp³-hybridized carbons (Fsp3) is 0.389. The van der Waals surface area contributed by atoms with E-state index < -0.39 is 6.10 Å². The van der Waals surface area contributed by atoms with Gasteiger partial charge in [-0.2, -0.15) is 0 Å². The van der Waals surface area contributed by atoms with Crippen molar-refractivity contribution in [1.29, 1.82) is 0 Å². The number of hydrogen-bond donors (Lipinski definition) is 1. The molecule has 2 heterocycles. The minimum Gasteiger partial charge on any atom is -0.380 e. The Balaban J connectivity index is 1.74. The van der Waals surface area contributed by atoms with Gasteiger partial charge in [0.25, 0.3) is 11.5 Å². The van der Waals surface area contributed by atoms with Crippen LogP contribution in [0, 0.1) is 6.92 Å². The summed E-state index contributed by atoms with van der Waals surface area (Å²) in [6.07, 6.45) is -0.397. The van der Waals surface area contributed by atoms with Crippen molar-refractivity contribution in [1.82, 2.24) is 14.9 Å². The lowest BCUT2D eigenvalue weighted by Crippen LogP contribution is -2.42. The Labute approximate surface area is 145 Å². The molecular weight excluding hydrogens is 322 g/mol. The van der Waals surface area contributed by atoms with Crippen molar-refractivity contribution in [2.45, 2.75) is 19.6 Å². The molecule has 0 spiro atoms. The van der Waals surface area contributed by atoms with Crippen molar-refractivity contribution in [2.24, 2.45) is 0 Å². The Bertz CT molecular complexity index is 801. The van der Waals surface area contributed by atoms with Crippen LogP contribution in [0.4, 0.5) is 0 Å². The zero-order valence-corrected chi connectivity index (χ0v) is 14.3. The van der Waals surface area contributed by atoms with Crippen LogP contribution in [0.3, 0.4) is 0 Å². The van der Waals surface area contributed by atoms with Crippen LogP contribution in [0.15, 0.2) is 35.1 Å². The third-order valence-corrected chi connectivity index (χ3v) is 4.08. The number of aryl methyl sites for hydroxylation is 1. The zero-order valence-electron chi connectivity index (χ0n) is 14.3. The maximum absolute atomic E-state index is 12.7. The van der Waals surface area contributed by atoms with Crippen molar-refractivity contribution >= 4 is 5.91 Å². The number of nitrogens with one attached hydrogen (secondary N) is 1. The number of rotatable bonds is 4. The number of carbonyl (C=O) groups excluding carboxylic acids is 1. The number of morpholine rings is 1. The lowest BCUT2D eigenvalue weighted by atomic mass is 10.1. The Morgan fingerprint density at radius 1 is 1.40 bits per heavy atom. The van der Waals surface area contributed by atoms with Crippen LogP contribution in [0.1, 0.15) is 33.5 Å². The SMILES string of the molecule is COCc1ccc(C(=O)N2CCOC(c3cc(=O)[nH]c(C)n3)C2)cc1. The summed E-state index contributed by atoms with van der Waals surface area (Å²) in [6, 6.07) is 8.80. The number of benzene rings is 1. The Hall–Kier alpha value is -2.51. The Kier molecular flexibility index (Phi) is 5.25. The highest BCUT2D eigenvalue weighted by Crippen LogP contribution is 2.21. The molecule has 0 bridgehead atoms. The van der Waals surface area contributed by atoms with E-state index in [0.717, 1.165) is 5.56 Å². The van der Waals surface area contributed by atoms with Crippen molar-refractivity contribution in [3.05, 3.63) is 63.3 Å². The van der Waals surface area contributed by atoms with Crippen molar-refractivity contribution in [3.8, 4) is 0 Å². The number of ether oxygens (including phenoxy) is 2. The number of aromatic nitrogens is 2. The quantitative estimate of drug-likeness (QED) is 0.908. The van der Waals surface area contributed by atoms with Crippen molar-refractivity contribution in [2.75, 3.05) is 26.8 Å². The second-order valence-corrected chi connectivity index (χ2v) is 6.00. The highest BCUT2D eigenvalue weighted by Gasteiger charge is 2.27. The second-order valence-electron chi connectivity index (χ2n) is 6.00. The van der Waals surface area contributed by atoms with E-state index in [9.17, 15) is 9.59 Å². The van der Waals surface area contributed by atoms with Gasteiger partial charge in [-0.25, -0.2) is 4.98 Å². The summed E-state index contributed by atoms with van der Waals surface area (Å²) in [4.78, 5) is 33.0. The third kappa shape index (κ3) is 4.12. The topological polar surface area (TPSA) is 84.5 Å². The van der Waals surface area contributed by atoms with Gasteiger partial charge in [0.1, 0.15) is 11.9 Å². The summed E-state index contributed by atoms with van der Waals surface area (Å²) in [5.74, 6) is 0.474. The largest absolute Gasteiger partial charge is 0.380 e. The molecule has 1 N–H and O–H groups in total. The van der Waals surface area contributed by atoms with Gasteiger partial charge < -0.3 is 19.4 Å². The summed E-state index contributed by atoms with van der Waals surface area (Å²) < 4.78 is 10.8. The fourth-order valence-corrected chi connectivity index (χ4v) is 2.87. The van der Waals surface area contributed by atoms with E-state index in [4.69, 9.17) is 9.47 Å².